The molecule has 102 valence electrons. The van der Waals surface area contributed by atoms with Gasteiger partial charge in [0.25, 0.3) is 0 Å². The van der Waals surface area contributed by atoms with Gasteiger partial charge in [-0.25, -0.2) is 4.39 Å². The predicted molar refractivity (Wildman–Crippen MR) is 81.0 cm³/mol. The third-order valence-electron chi connectivity index (χ3n) is 3.43. The van der Waals surface area contributed by atoms with Crippen LogP contribution in [0.5, 0.6) is 0 Å². The van der Waals surface area contributed by atoms with Crippen molar-refractivity contribution in [2.24, 2.45) is 11.3 Å². The molecule has 0 radical (unpaired) electrons. The van der Waals surface area contributed by atoms with E-state index < -0.39 is 0 Å². The fourth-order valence-electron chi connectivity index (χ4n) is 1.89. The minimum atomic E-state index is -0.178. The minimum Gasteiger partial charge on any atom is -0.371 e. The quantitative estimate of drug-likeness (QED) is 0.711. The lowest BCUT2D eigenvalue weighted by atomic mass is 9.81. The van der Waals surface area contributed by atoms with Crippen LogP contribution in [-0.4, -0.2) is 18.4 Å². The molecule has 0 aliphatic rings. The first kappa shape index (κ1) is 15.5. The van der Waals surface area contributed by atoms with Crippen LogP contribution in [-0.2, 0) is 0 Å². The van der Waals surface area contributed by atoms with E-state index in [1.807, 2.05) is 12.1 Å². The Morgan fingerprint density at radius 2 is 1.78 bits per heavy atom. The molecular formula is C15H23BrFN. The van der Waals surface area contributed by atoms with Crippen LogP contribution in [0.4, 0.5) is 10.1 Å². The summed E-state index contributed by atoms with van der Waals surface area (Å²) in [6, 6.07) is 6.76. The van der Waals surface area contributed by atoms with Gasteiger partial charge in [-0.2, -0.15) is 0 Å². The van der Waals surface area contributed by atoms with Gasteiger partial charge in [-0.05, 0) is 42.5 Å². The summed E-state index contributed by atoms with van der Waals surface area (Å²) in [4.78, 5) is 2.30. The third kappa shape index (κ3) is 4.27. The van der Waals surface area contributed by atoms with Gasteiger partial charge in [0.15, 0.2) is 0 Å². The van der Waals surface area contributed by atoms with Crippen molar-refractivity contribution in [2.75, 3.05) is 23.3 Å². The van der Waals surface area contributed by atoms with E-state index >= 15 is 0 Å². The van der Waals surface area contributed by atoms with Crippen molar-refractivity contribution >= 4 is 21.6 Å². The highest BCUT2D eigenvalue weighted by atomic mass is 79.9. The summed E-state index contributed by atoms with van der Waals surface area (Å²) < 4.78 is 12.9. The van der Waals surface area contributed by atoms with E-state index in [0.717, 1.165) is 24.1 Å². The van der Waals surface area contributed by atoms with Gasteiger partial charge < -0.3 is 4.90 Å². The van der Waals surface area contributed by atoms with E-state index in [9.17, 15) is 4.39 Å². The maximum Gasteiger partial charge on any atom is 0.123 e. The SMILES string of the molecule is CCN(CC(CBr)C(C)(C)C)c1ccc(F)cc1. The molecule has 0 aromatic heterocycles. The highest BCUT2D eigenvalue weighted by Crippen LogP contribution is 2.29. The van der Waals surface area contributed by atoms with Crippen molar-refractivity contribution in [3.63, 3.8) is 0 Å². The molecule has 0 N–H and O–H groups in total. The smallest absolute Gasteiger partial charge is 0.123 e. The Balaban J connectivity index is 2.81. The van der Waals surface area contributed by atoms with E-state index in [2.05, 4.69) is 48.5 Å². The molecule has 0 amide bonds. The summed E-state index contributed by atoms with van der Waals surface area (Å²) >= 11 is 3.61. The molecular weight excluding hydrogens is 293 g/mol. The fraction of sp³-hybridized carbons (Fsp3) is 0.600. The number of rotatable bonds is 5. The topological polar surface area (TPSA) is 3.24 Å². The van der Waals surface area contributed by atoms with Gasteiger partial charge in [-0.3, -0.25) is 0 Å². The Morgan fingerprint density at radius 1 is 1.22 bits per heavy atom. The lowest BCUT2D eigenvalue weighted by Gasteiger charge is -2.35. The normalized spacial score (nSPS) is 13.4. The minimum absolute atomic E-state index is 0.178. The highest BCUT2D eigenvalue weighted by molar-refractivity contribution is 9.09. The first-order chi connectivity index (χ1) is 8.38. The van der Waals surface area contributed by atoms with Crippen LogP contribution < -0.4 is 4.90 Å². The molecule has 0 saturated heterocycles. The Labute approximate surface area is 119 Å². The number of anilines is 1. The summed E-state index contributed by atoms with van der Waals surface area (Å²) in [6.07, 6.45) is 0. The van der Waals surface area contributed by atoms with E-state index in [1.54, 1.807) is 0 Å². The highest BCUT2D eigenvalue weighted by Gasteiger charge is 2.25. The van der Waals surface area contributed by atoms with Gasteiger partial charge in [0.2, 0.25) is 0 Å². The fourth-order valence-corrected chi connectivity index (χ4v) is 3.07. The molecule has 1 nitrogen and oxygen atoms in total. The molecule has 0 saturated carbocycles. The molecule has 0 aliphatic carbocycles. The van der Waals surface area contributed by atoms with Crippen LogP contribution in [0, 0.1) is 17.2 Å². The zero-order valence-electron chi connectivity index (χ0n) is 11.7. The third-order valence-corrected chi connectivity index (χ3v) is 4.21. The lowest BCUT2D eigenvalue weighted by molar-refractivity contribution is 0.271. The van der Waals surface area contributed by atoms with Gasteiger partial charge >= 0.3 is 0 Å². The largest absolute Gasteiger partial charge is 0.371 e. The Bertz CT molecular complexity index is 356. The number of benzene rings is 1. The second kappa shape index (κ2) is 6.55. The van der Waals surface area contributed by atoms with Crippen LogP contribution in [0.2, 0.25) is 0 Å². The standard InChI is InChI=1S/C15H23BrFN/c1-5-18(11-12(10-16)15(2,3)4)14-8-6-13(17)7-9-14/h6-9,12H,5,10-11H2,1-4H3. The molecule has 0 aliphatic heterocycles. The maximum atomic E-state index is 12.9. The maximum absolute atomic E-state index is 12.9. The molecule has 0 fully saturated rings. The van der Waals surface area contributed by atoms with Crippen molar-refractivity contribution in [2.45, 2.75) is 27.7 Å². The first-order valence-corrected chi connectivity index (χ1v) is 7.57. The molecule has 1 aromatic carbocycles. The van der Waals surface area contributed by atoms with E-state index in [1.165, 1.54) is 12.1 Å². The number of nitrogens with zero attached hydrogens (tertiary/aromatic N) is 1. The van der Waals surface area contributed by atoms with Gasteiger partial charge in [-0.15, -0.1) is 0 Å². The summed E-state index contributed by atoms with van der Waals surface area (Å²) in [5.74, 6) is 0.380. The zero-order valence-corrected chi connectivity index (χ0v) is 13.3. The van der Waals surface area contributed by atoms with Crippen LogP contribution in [0.25, 0.3) is 0 Å². The second-order valence-electron chi connectivity index (χ2n) is 5.73. The molecule has 0 bridgehead atoms. The molecule has 3 heteroatoms. The van der Waals surface area contributed by atoms with Gasteiger partial charge in [0.1, 0.15) is 5.82 Å². The van der Waals surface area contributed by atoms with Crippen molar-refractivity contribution in [3.05, 3.63) is 30.1 Å². The molecule has 0 spiro atoms. The van der Waals surface area contributed by atoms with Gasteiger partial charge in [-0.1, -0.05) is 36.7 Å². The molecule has 1 rings (SSSR count). The van der Waals surface area contributed by atoms with Crippen molar-refractivity contribution in [1.29, 1.82) is 0 Å². The van der Waals surface area contributed by atoms with Crippen LogP contribution in [0.15, 0.2) is 24.3 Å². The van der Waals surface area contributed by atoms with Crippen molar-refractivity contribution in [1.82, 2.24) is 0 Å². The van der Waals surface area contributed by atoms with E-state index in [0.29, 0.717) is 5.92 Å². The number of hydrogen-bond donors (Lipinski definition) is 0. The Hall–Kier alpha value is -0.570. The number of hydrogen-bond acceptors (Lipinski definition) is 1. The summed E-state index contributed by atoms with van der Waals surface area (Å²) in [7, 11) is 0. The average molecular weight is 316 g/mol. The molecule has 18 heavy (non-hydrogen) atoms. The zero-order chi connectivity index (χ0) is 13.8. The van der Waals surface area contributed by atoms with E-state index in [-0.39, 0.29) is 11.2 Å². The van der Waals surface area contributed by atoms with Gasteiger partial charge in [0, 0.05) is 24.1 Å². The molecule has 1 atom stereocenters. The summed E-state index contributed by atoms with van der Waals surface area (Å²) in [5.41, 5.74) is 1.35. The van der Waals surface area contributed by atoms with Crippen molar-refractivity contribution < 1.29 is 4.39 Å². The van der Waals surface area contributed by atoms with Crippen LogP contribution in [0.3, 0.4) is 0 Å². The number of halogens is 2. The number of alkyl halides is 1. The molecule has 1 unspecified atom stereocenters. The van der Waals surface area contributed by atoms with Crippen LogP contribution in [0.1, 0.15) is 27.7 Å². The average Bonchev–Trinajstić information content (AvgIpc) is 2.30. The first-order valence-electron chi connectivity index (χ1n) is 6.45. The lowest BCUT2D eigenvalue weighted by Crippen LogP contribution is -2.36. The van der Waals surface area contributed by atoms with E-state index in [4.69, 9.17) is 0 Å². The summed E-state index contributed by atoms with van der Waals surface area (Å²) in [5, 5.41) is 0.980. The second-order valence-corrected chi connectivity index (χ2v) is 6.38. The van der Waals surface area contributed by atoms with Crippen molar-refractivity contribution in [3.8, 4) is 0 Å². The molecule has 1 aromatic rings. The van der Waals surface area contributed by atoms with Crippen LogP contribution >= 0.6 is 15.9 Å². The predicted octanol–water partition coefficient (Wildman–Crippen LogP) is 4.71. The monoisotopic (exact) mass is 315 g/mol. The Morgan fingerprint density at radius 3 is 2.17 bits per heavy atom. The van der Waals surface area contributed by atoms with Gasteiger partial charge in [0.05, 0.1) is 0 Å². The summed E-state index contributed by atoms with van der Waals surface area (Å²) in [6.45, 7) is 10.8. The Kier molecular flexibility index (Phi) is 5.64. The molecule has 0 heterocycles.